The molecule has 0 heterocycles. The Morgan fingerprint density at radius 1 is 0.963 bits per heavy atom. The number of hydrogen-bond donors (Lipinski definition) is 3. The Hall–Kier alpha value is -2.89. The van der Waals surface area contributed by atoms with Crippen molar-refractivity contribution in [3.8, 4) is 17.2 Å². The number of ether oxygens (including phenoxy) is 2. The van der Waals surface area contributed by atoms with Crippen LogP contribution in [-0.2, 0) is 12.8 Å². The highest BCUT2D eigenvalue weighted by molar-refractivity contribution is 5.79. The van der Waals surface area contributed by atoms with Crippen molar-refractivity contribution in [2.45, 2.75) is 19.8 Å². The topological polar surface area (TPSA) is 75.1 Å². The maximum Gasteiger partial charge on any atom is 0.191 e. The monoisotopic (exact) mass is 371 g/mol. The molecular weight excluding hydrogens is 342 g/mol. The zero-order valence-electron chi connectivity index (χ0n) is 16.3. The summed E-state index contributed by atoms with van der Waals surface area (Å²) in [6, 6.07) is 13.4. The normalized spacial score (nSPS) is 11.1. The first-order valence-electron chi connectivity index (χ1n) is 9.17. The largest absolute Gasteiger partial charge is 0.508 e. The van der Waals surface area contributed by atoms with Crippen LogP contribution >= 0.6 is 0 Å². The molecule has 0 radical (unpaired) electrons. The summed E-state index contributed by atoms with van der Waals surface area (Å²) in [5.74, 6) is 2.53. The molecule has 27 heavy (non-hydrogen) atoms. The highest BCUT2D eigenvalue weighted by atomic mass is 16.5. The minimum Gasteiger partial charge on any atom is -0.508 e. The predicted octanol–water partition coefficient (Wildman–Crippen LogP) is 2.75. The van der Waals surface area contributed by atoms with Gasteiger partial charge in [0.1, 0.15) is 17.2 Å². The van der Waals surface area contributed by atoms with Gasteiger partial charge in [-0.25, -0.2) is 0 Å². The van der Waals surface area contributed by atoms with Crippen molar-refractivity contribution >= 4 is 5.96 Å². The summed E-state index contributed by atoms with van der Waals surface area (Å²) < 4.78 is 10.3. The summed E-state index contributed by atoms with van der Waals surface area (Å²) in [6.07, 6.45) is 1.55. The van der Waals surface area contributed by atoms with Gasteiger partial charge in [-0.3, -0.25) is 4.99 Å². The number of rotatable bonds is 9. The molecule has 0 bridgehead atoms. The van der Waals surface area contributed by atoms with Crippen molar-refractivity contribution in [1.29, 1.82) is 0 Å². The molecule has 0 saturated carbocycles. The number of nitrogens with zero attached hydrogens (tertiary/aromatic N) is 1. The molecule has 2 aromatic rings. The van der Waals surface area contributed by atoms with E-state index in [1.807, 2.05) is 31.2 Å². The molecule has 0 aliphatic rings. The predicted molar refractivity (Wildman–Crippen MR) is 109 cm³/mol. The number of nitrogens with one attached hydrogen (secondary N) is 2. The Kier molecular flexibility index (Phi) is 8.29. The van der Waals surface area contributed by atoms with Crippen LogP contribution in [0.25, 0.3) is 0 Å². The van der Waals surface area contributed by atoms with Gasteiger partial charge in [-0.2, -0.15) is 0 Å². The molecule has 2 aromatic carbocycles. The molecule has 0 amide bonds. The van der Waals surface area contributed by atoms with Gasteiger partial charge >= 0.3 is 0 Å². The highest BCUT2D eigenvalue weighted by Gasteiger charge is 2.04. The van der Waals surface area contributed by atoms with Gasteiger partial charge in [0, 0.05) is 25.7 Å². The molecule has 0 spiro atoms. The van der Waals surface area contributed by atoms with E-state index in [4.69, 9.17) is 9.47 Å². The second-order valence-electron chi connectivity index (χ2n) is 6.03. The molecule has 0 aliphatic carbocycles. The second kappa shape index (κ2) is 11.0. The van der Waals surface area contributed by atoms with E-state index < -0.39 is 0 Å². The van der Waals surface area contributed by atoms with E-state index in [1.54, 1.807) is 20.3 Å². The van der Waals surface area contributed by atoms with Crippen LogP contribution in [0.4, 0.5) is 0 Å². The van der Waals surface area contributed by atoms with Crippen LogP contribution in [0.1, 0.15) is 18.1 Å². The van der Waals surface area contributed by atoms with Gasteiger partial charge in [0.25, 0.3) is 0 Å². The number of guanidine groups is 1. The molecule has 0 fully saturated rings. The Morgan fingerprint density at radius 3 is 2.30 bits per heavy atom. The average molecular weight is 371 g/mol. The minimum absolute atomic E-state index is 0.238. The molecule has 6 heteroatoms. The van der Waals surface area contributed by atoms with Crippen LogP contribution in [0, 0.1) is 0 Å². The van der Waals surface area contributed by atoms with E-state index in [9.17, 15) is 5.11 Å². The SMILES string of the molecule is CCNC(=NCCc1ccc(OC)cc1O)NCCc1ccc(OC)cc1. The lowest BCUT2D eigenvalue weighted by molar-refractivity contribution is 0.406. The smallest absolute Gasteiger partial charge is 0.191 e. The second-order valence-corrected chi connectivity index (χ2v) is 6.03. The third-order valence-electron chi connectivity index (χ3n) is 4.15. The van der Waals surface area contributed by atoms with Gasteiger partial charge in [-0.1, -0.05) is 18.2 Å². The number of methoxy groups -OCH3 is 2. The summed E-state index contributed by atoms with van der Waals surface area (Å²) >= 11 is 0. The third-order valence-corrected chi connectivity index (χ3v) is 4.15. The van der Waals surface area contributed by atoms with Crippen LogP contribution in [0.3, 0.4) is 0 Å². The van der Waals surface area contributed by atoms with Gasteiger partial charge in [0.15, 0.2) is 5.96 Å². The van der Waals surface area contributed by atoms with Crippen LogP contribution in [0.5, 0.6) is 17.2 Å². The van der Waals surface area contributed by atoms with Gasteiger partial charge in [-0.05, 0) is 49.1 Å². The zero-order valence-corrected chi connectivity index (χ0v) is 16.3. The van der Waals surface area contributed by atoms with E-state index >= 15 is 0 Å². The fourth-order valence-corrected chi connectivity index (χ4v) is 2.63. The quantitative estimate of drug-likeness (QED) is 0.467. The van der Waals surface area contributed by atoms with Crippen molar-refractivity contribution in [2.75, 3.05) is 33.9 Å². The number of aromatic hydroxyl groups is 1. The van der Waals surface area contributed by atoms with Crippen molar-refractivity contribution in [1.82, 2.24) is 10.6 Å². The van der Waals surface area contributed by atoms with Crippen molar-refractivity contribution < 1.29 is 14.6 Å². The molecule has 0 aromatic heterocycles. The lowest BCUT2D eigenvalue weighted by Gasteiger charge is -2.12. The Balaban J connectivity index is 1.84. The van der Waals surface area contributed by atoms with Crippen LogP contribution in [0.15, 0.2) is 47.5 Å². The summed E-state index contributed by atoms with van der Waals surface area (Å²) in [6.45, 7) is 4.20. The van der Waals surface area contributed by atoms with Crippen molar-refractivity contribution in [3.05, 3.63) is 53.6 Å². The van der Waals surface area contributed by atoms with Gasteiger partial charge in [0.05, 0.1) is 14.2 Å². The zero-order chi connectivity index (χ0) is 19.5. The molecule has 146 valence electrons. The minimum atomic E-state index is 0.238. The van der Waals surface area contributed by atoms with E-state index in [0.717, 1.165) is 36.8 Å². The molecule has 0 unspecified atom stereocenters. The summed E-state index contributed by atoms with van der Waals surface area (Å²) in [5, 5.41) is 16.6. The number of aliphatic imine (C=N–C) groups is 1. The van der Waals surface area contributed by atoms with Crippen LogP contribution < -0.4 is 20.1 Å². The summed E-state index contributed by atoms with van der Waals surface area (Å²) in [5.41, 5.74) is 2.09. The van der Waals surface area contributed by atoms with Crippen LogP contribution in [-0.4, -0.2) is 44.9 Å². The van der Waals surface area contributed by atoms with E-state index in [-0.39, 0.29) is 5.75 Å². The molecule has 0 aliphatic heterocycles. The average Bonchev–Trinajstić information content (AvgIpc) is 2.69. The summed E-state index contributed by atoms with van der Waals surface area (Å²) in [7, 11) is 3.25. The van der Waals surface area contributed by atoms with Gasteiger partial charge < -0.3 is 25.2 Å². The Labute approximate surface area is 161 Å². The number of phenols is 1. The van der Waals surface area contributed by atoms with E-state index in [2.05, 4.69) is 27.8 Å². The Bertz CT molecular complexity index is 730. The van der Waals surface area contributed by atoms with Crippen molar-refractivity contribution in [2.24, 2.45) is 4.99 Å². The van der Waals surface area contributed by atoms with Crippen molar-refractivity contribution in [3.63, 3.8) is 0 Å². The van der Waals surface area contributed by atoms with E-state index in [1.165, 1.54) is 5.56 Å². The standard InChI is InChI=1S/C21H29N3O3/c1-4-22-21(23-13-11-16-5-8-18(26-2)9-6-16)24-14-12-17-7-10-19(27-3)15-20(17)25/h5-10,15,25H,4,11-14H2,1-3H3,(H2,22,23,24). The lowest BCUT2D eigenvalue weighted by atomic mass is 10.1. The first-order chi connectivity index (χ1) is 13.2. The van der Waals surface area contributed by atoms with Gasteiger partial charge in [-0.15, -0.1) is 0 Å². The lowest BCUT2D eigenvalue weighted by Crippen LogP contribution is -2.38. The molecule has 0 saturated heterocycles. The van der Waals surface area contributed by atoms with E-state index in [0.29, 0.717) is 18.7 Å². The highest BCUT2D eigenvalue weighted by Crippen LogP contribution is 2.23. The Morgan fingerprint density at radius 2 is 1.67 bits per heavy atom. The first-order valence-corrected chi connectivity index (χ1v) is 9.17. The molecular formula is C21H29N3O3. The van der Waals surface area contributed by atoms with Crippen LogP contribution in [0.2, 0.25) is 0 Å². The molecule has 0 atom stereocenters. The number of phenolic OH excluding ortho intramolecular Hbond substituents is 1. The third kappa shape index (κ3) is 6.73. The number of hydrogen-bond acceptors (Lipinski definition) is 4. The molecule has 2 rings (SSSR count). The molecule has 6 nitrogen and oxygen atoms in total. The maximum atomic E-state index is 10.0. The molecule has 3 N–H and O–H groups in total. The maximum absolute atomic E-state index is 10.0. The fourth-order valence-electron chi connectivity index (χ4n) is 2.63. The fraction of sp³-hybridized carbons (Fsp3) is 0.381. The first kappa shape index (κ1) is 20.4. The van der Waals surface area contributed by atoms with Gasteiger partial charge in [0.2, 0.25) is 0 Å². The summed E-state index contributed by atoms with van der Waals surface area (Å²) in [4.78, 5) is 4.58. The number of benzene rings is 2.